The maximum absolute atomic E-state index is 9.71. The van der Waals surface area contributed by atoms with E-state index in [1.807, 2.05) is 26.0 Å². The van der Waals surface area contributed by atoms with Gasteiger partial charge in [0.2, 0.25) is 0 Å². The molecule has 1 aliphatic heterocycles. The number of rotatable bonds is 4. The Labute approximate surface area is 162 Å². The average molecular weight is 358 g/mol. The zero-order chi connectivity index (χ0) is 19.6. The number of hydrogen-bond donors (Lipinski definition) is 0. The molecule has 0 N–H and O–H groups in total. The highest BCUT2D eigenvalue weighted by molar-refractivity contribution is 5.55. The van der Waals surface area contributed by atoms with Crippen molar-refractivity contribution in [2.45, 2.75) is 58.0 Å². The first-order chi connectivity index (χ1) is 12.9. The molecule has 1 heterocycles. The van der Waals surface area contributed by atoms with Crippen molar-refractivity contribution in [2.24, 2.45) is 0 Å². The summed E-state index contributed by atoms with van der Waals surface area (Å²) in [5, 5.41) is 19.4. The van der Waals surface area contributed by atoms with Gasteiger partial charge in [-0.15, -0.1) is 0 Å². The van der Waals surface area contributed by atoms with Crippen molar-refractivity contribution in [1.82, 2.24) is 0 Å². The fourth-order valence-electron chi connectivity index (χ4n) is 4.09. The van der Waals surface area contributed by atoms with Crippen LogP contribution in [-0.2, 0) is 10.3 Å². The molecule has 0 saturated carbocycles. The second kappa shape index (κ2) is 7.55. The van der Waals surface area contributed by atoms with E-state index in [1.165, 1.54) is 5.56 Å². The van der Waals surface area contributed by atoms with E-state index in [1.54, 1.807) is 0 Å². The van der Waals surface area contributed by atoms with Gasteiger partial charge < -0.3 is 4.74 Å². The molecule has 1 unspecified atom stereocenters. The lowest BCUT2D eigenvalue weighted by Crippen LogP contribution is -2.27. The van der Waals surface area contributed by atoms with Crippen LogP contribution in [0.15, 0.2) is 36.4 Å². The van der Waals surface area contributed by atoms with Crippen molar-refractivity contribution in [3.63, 3.8) is 0 Å². The first-order valence-corrected chi connectivity index (χ1v) is 9.66. The summed E-state index contributed by atoms with van der Waals surface area (Å²) in [5.74, 6) is 0.592. The summed E-state index contributed by atoms with van der Waals surface area (Å²) in [6, 6.07) is 17.0. The molecule has 3 heteroatoms. The summed E-state index contributed by atoms with van der Waals surface area (Å²) in [4.78, 5) is 0. The Morgan fingerprint density at radius 3 is 1.89 bits per heavy atom. The highest BCUT2D eigenvalue weighted by atomic mass is 16.5. The van der Waals surface area contributed by atoms with Gasteiger partial charge in [-0.3, -0.25) is 0 Å². The van der Waals surface area contributed by atoms with Crippen LogP contribution in [0.1, 0.15) is 85.8 Å². The van der Waals surface area contributed by atoms with Gasteiger partial charge in [0.05, 0.1) is 23.3 Å². The van der Waals surface area contributed by atoms with Crippen LogP contribution in [0.2, 0.25) is 0 Å². The van der Waals surface area contributed by atoms with E-state index in [2.05, 4.69) is 50.3 Å². The number of benzene rings is 2. The van der Waals surface area contributed by atoms with E-state index in [4.69, 9.17) is 4.74 Å². The summed E-state index contributed by atoms with van der Waals surface area (Å²) in [6.07, 6.45) is 1.81. The third-order valence-electron chi connectivity index (χ3n) is 5.53. The van der Waals surface area contributed by atoms with Gasteiger partial charge in [-0.05, 0) is 59.1 Å². The maximum Gasteiger partial charge on any atom is 0.118 e. The number of nitrogens with zero attached hydrogens (tertiary/aromatic N) is 2. The number of ether oxygens (including phenoxy) is 1. The van der Waals surface area contributed by atoms with E-state index in [0.29, 0.717) is 23.7 Å². The van der Waals surface area contributed by atoms with Crippen molar-refractivity contribution >= 4 is 0 Å². The zero-order valence-electron chi connectivity index (χ0n) is 16.5. The molecule has 1 atom stereocenters. The van der Waals surface area contributed by atoms with Crippen LogP contribution in [0.25, 0.3) is 0 Å². The molecule has 27 heavy (non-hydrogen) atoms. The van der Waals surface area contributed by atoms with E-state index in [-0.39, 0.29) is 5.92 Å². The predicted octanol–water partition coefficient (Wildman–Crippen LogP) is 5.73. The summed E-state index contributed by atoms with van der Waals surface area (Å²) < 4.78 is 6.29. The first kappa shape index (κ1) is 19.2. The zero-order valence-corrected chi connectivity index (χ0v) is 16.5. The van der Waals surface area contributed by atoms with Gasteiger partial charge in [-0.25, -0.2) is 0 Å². The molecule has 1 aliphatic rings. The van der Waals surface area contributed by atoms with Crippen LogP contribution in [0.5, 0.6) is 0 Å². The molecular formula is C24H26N2O. The lowest BCUT2D eigenvalue weighted by molar-refractivity contribution is 0.0359. The summed E-state index contributed by atoms with van der Waals surface area (Å²) in [7, 11) is 0. The molecule has 0 aliphatic carbocycles. The topological polar surface area (TPSA) is 56.8 Å². The Morgan fingerprint density at radius 2 is 1.48 bits per heavy atom. The third-order valence-corrected chi connectivity index (χ3v) is 5.53. The summed E-state index contributed by atoms with van der Waals surface area (Å²) in [6.45, 7) is 9.08. The van der Waals surface area contributed by atoms with Gasteiger partial charge >= 0.3 is 0 Å². The van der Waals surface area contributed by atoms with E-state index in [9.17, 15) is 10.5 Å². The molecule has 0 aromatic heterocycles. The van der Waals surface area contributed by atoms with Crippen molar-refractivity contribution in [2.75, 3.05) is 6.61 Å². The molecule has 3 nitrogen and oxygen atoms in total. The smallest absolute Gasteiger partial charge is 0.118 e. The largest absolute Gasteiger partial charge is 0.366 e. The second-order valence-corrected chi connectivity index (χ2v) is 7.92. The fraction of sp³-hybridized carbons (Fsp3) is 0.417. The van der Waals surface area contributed by atoms with Crippen LogP contribution < -0.4 is 0 Å². The Balaban J connectivity index is 2.19. The van der Waals surface area contributed by atoms with Crippen molar-refractivity contribution in [1.29, 1.82) is 10.5 Å². The minimum absolute atomic E-state index is 0.120. The molecule has 3 rings (SSSR count). The van der Waals surface area contributed by atoms with Crippen molar-refractivity contribution in [3.8, 4) is 12.1 Å². The molecule has 2 aromatic rings. The molecule has 0 amide bonds. The Bertz CT molecular complexity index is 870. The van der Waals surface area contributed by atoms with Crippen LogP contribution in [0.4, 0.5) is 0 Å². The monoisotopic (exact) mass is 358 g/mol. The quantitative estimate of drug-likeness (QED) is 0.701. The predicted molar refractivity (Wildman–Crippen MR) is 106 cm³/mol. The van der Waals surface area contributed by atoms with Gasteiger partial charge in [-0.1, -0.05) is 52.0 Å². The Hall–Kier alpha value is -2.62. The van der Waals surface area contributed by atoms with E-state index >= 15 is 0 Å². The molecule has 0 bridgehead atoms. The molecular weight excluding hydrogens is 332 g/mol. The molecule has 138 valence electrons. The minimum atomic E-state index is -0.581. The van der Waals surface area contributed by atoms with Crippen LogP contribution >= 0.6 is 0 Å². The molecule has 2 aromatic carbocycles. The van der Waals surface area contributed by atoms with Gasteiger partial charge in [0.1, 0.15) is 5.60 Å². The van der Waals surface area contributed by atoms with E-state index < -0.39 is 5.60 Å². The van der Waals surface area contributed by atoms with E-state index in [0.717, 1.165) is 29.5 Å². The molecule has 0 radical (unpaired) electrons. The number of hydrogen-bond acceptors (Lipinski definition) is 3. The van der Waals surface area contributed by atoms with Crippen LogP contribution in [0.3, 0.4) is 0 Å². The van der Waals surface area contributed by atoms with Gasteiger partial charge in [0.15, 0.2) is 0 Å². The Kier molecular flexibility index (Phi) is 5.36. The normalized spacial score (nSPS) is 19.3. The molecule has 1 saturated heterocycles. The number of nitriles is 2. The lowest BCUT2D eigenvalue weighted by atomic mass is 9.80. The Morgan fingerprint density at radius 1 is 0.889 bits per heavy atom. The lowest BCUT2D eigenvalue weighted by Gasteiger charge is -2.31. The maximum atomic E-state index is 9.71. The average Bonchev–Trinajstić information content (AvgIpc) is 3.17. The van der Waals surface area contributed by atoms with Gasteiger partial charge in [-0.2, -0.15) is 10.5 Å². The first-order valence-electron chi connectivity index (χ1n) is 9.66. The molecule has 1 fully saturated rings. The summed E-state index contributed by atoms with van der Waals surface area (Å²) >= 11 is 0. The summed E-state index contributed by atoms with van der Waals surface area (Å²) in [5.41, 5.74) is 4.69. The highest BCUT2D eigenvalue weighted by Gasteiger charge is 2.40. The molecule has 0 spiro atoms. The van der Waals surface area contributed by atoms with Crippen molar-refractivity contribution < 1.29 is 4.74 Å². The fourth-order valence-corrected chi connectivity index (χ4v) is 4.09. The van der Waals surface area contributed by atoms with Crippen molar-refractivity contribution in [3.05, 3.63) is 69.8 Å². The highest BCUT2D eigenvalue weighted by Crippen LogP contribution is 2.44. The standard InChI is InChI=1S/C24H26N2O/c1-16(2)18-6-8-21(9-7-18)24(10-5-11-27-24)22-12-19(14-25)23(17(3)4)20(13-22)15-26/h6-9,12-13,16-17H,5,10-11H2,1-4H3. The SMILES string of the molecule is CC(C)c1ccc(C2(c3cc(C#N)c(C(C)C)c(C#N)c3)CCCO2)cc1. The van der Waals surface area contributed by atoms with Gasteiger partial charge in [0, 0.05) is 6.61 Å². The van der Waals surface area contributed by atoms with Crippen LogP contribution in [0, 0.1) is 22.7 Å². The van der Waals surface area contributed by atoms with Crippen LogP contribution in [-0.4, -0.2) is 6.61 Å². The second-order valence-electron chi connectivity index (χ2n) is 7.92. The van der Waals surface area contributed by atoms with Gasteiger partial charge in [0.25, 0.3) is 0 Å². The minimum Gasteiger partial charge on any atom is -0.366 e. The third kappa shape index (κ3) is 3.36.